The molecule has 0 amide bonds. The summed E-state index contributed by atoms with van der Waals surface area (Å²) in [6.45, 7) is 2.09. The predicted molar refractivity (Wildman–Crippen MR) is 108 cm³/mol. The molecule has 2 aromatic rings. The van der Waals surface area contributed by atoms with Crippen LogP contribution in [-0.4, -0.2) is 26.1 Å². The van der Waals surface area contributed by atoms with Gasteiger partial charge in [0.25, 0.3) is 0 Å². The van der Waals surface area contributed by atoms with Gasteiger partial charge in [0.2, 0.25) is 0 Å². The van der Waals surface area contributed by atoms with E-state index in [0.29, 0.717) is 6.42 Å². The molecule has 0 radical (unpaired) electrons. The predicted octanol–water partition coefficient (Wildman–Crippen LogP) is 5.49. The first-order chi connectivity index (χ1) is 13.2. The first-order valence-electron chi connectivity index (χ1n) is 10.4. The molecular weight excluding hydrogens is 338 g/mol. The van der Waals surface area contributed by atoms with E-state index in [4.69, 9.17) is 5.11 Å². The number of para-hydroxylation sites is 1. The summed E-state index contributed by atoms with van der Waals surface area (Å²) in [6, 6.07) is 8.22. The molecule has 0 unspecified atom stereocenters. The van der Waals surface area contributed by atoms with Crippen LogP contribution in [0, 0.1) is 6.92 Å². The number of carboxylic acid groups (broad SMARTS) is 1. The van der Waals surface area contributed by atoms with Crippen LogP contribution in [0.15, 0.2) is 30.5 Å². The number of unbranched alkanes of at least 4 members (excludes halogenated alkanes) is 9. The highest BCUT2D eigenvalue weighted by atomic mass is 16.4. The van der Waals surface area contributed by atoms with Gasteiger partial charge in [0.1, 0.15) is 0 Å². The van der Waals surface area contributed by atoms with Gasteiger partial charge < -0.3 is 5.11 Å². The monoisotopic (exact) mass is 371 g/mol. The Labute approximate surface area is 162 Å². The van der Waals surface area contributed by atoms with Gasteiger partial charge in [0, 0.05) is 6.42 Å². The third-order valence-corrected chi connectivity index (χ3v) is 4.98. The lowest BCUT2D eigenvalue weighted by atomic mass is 10.0. The molecule has 0 aliphatic rings. The molecule has 5 heteroatoms. The number of hydrogen-bond acceptors (Lipinski definition) is 3. The largest absolute Gasteiger partial charge is 0.481 e. The number of carbonyl (C=O) groups is 1. The standard InChI is InChI=1S/C22H33N3O2/c1-19-14-12-13-16-21(19)25-18-20(23-24-25)15-10-8-6-4-2-3-5-7-9-11-17-22(26)27/h12-14,16,18H,2-11,15,17H2,1H3,(H,26,27). The summed E-state index contributed by atoms with van der Waals surface area (Å²) in [7, 11) is 0. The highest BCUT2D eigenvalue weighted by Gasteiger charge is 2.05. The van der Waals surface area contributed by atoms with E-state index in [2.05, 4.69) is 29.4 Å². The maximum Gasteiger partial charge on any atom is 0.303 e. The Morgan fingerprint density at radius 3 is 2.15 bits per heavy atom. The molecule has 27 heavy (non-hydrogen) atoms. The van der Waals surface area contributed by atoms with Crippen LogP contribution < -0.4 is 0 Å². The molecule has 1 aromatic heterocycles. The fourth-order valence-electron chi connectivity index (χ4n) is 3.35. The quantitative estimate of drug-likeness (QED) is 0.446. The molecule has 0 fully saturated rings. The van der Waals surface area contributed by atoms with Crippen molar-refractivity contribution in [1.82, 2.24) is 15.0 Å². The Morgan fingerprint density at radius 2 is 1.52 bits per heavy atom. The molecule has 0 atom stereocenters. The first kappa shape index (κ1) is 21.1. The lowest BCUT2D eigenvalue weighted by Gasteiger charge is -2.03. The number of aliphatic carboxylic acids is 1. The topological polar surface area (TPSA) is 68.0 Å². The van der Waals surface area contributed by atoms with Crippen molar-refractivity contribution in [2.45, 2.75) is 84.0 Å². The average Bonchev–Trinajstić information content (AvgIpc) is 3.11. The third-order valence-electron chi connectivity index (χ3n) is 4.98. The van der Waals surface area contributed by atoms with E-state index in [1.807, 2.05) is 23.0 Å². The van der Waals surface area contributed by atoms with Crippen LogP contribution in [0.2, 0.25) is 0 Å². The summed E-state index contributed by atoms with van der Waals surface area (Å²) >= 11 is 0. The zero-order valence-electron chi connectivity index (χ0n) is 16.6. The molecule has 0 spiro atoms. The molecule has 0 saturated carbocycles. The Kier molecular flexibility index (Phi) is 9.60. The van der Waals surface area contributed by atoms with Crippen molar-refractivity contribution in [3.05, 3.63) is 41.7 Å². The SMILES string of the molecule is Cc1ccccc1-n1cc(CCCCCCCCCCCCC(=O)O)nn1. The van der Waals surface area contributed by atoms with E-state index in [0.717, 1.165) is 30.6 Å². The van der Waals surface area contributed by atoms with E-state index in [9.17, 15) is 4.79 Å². The number of benzene rings is 1. The molecule has 1 N–H and O–H groups in total. The summed E-state index contributed by atoms with van der Waals surface area (Å²) in [5.74, 6) is -0.673. The average molecular weight is 372 g/mol. The molecule has 5 nitrogen and oxygen atoms in total. The molecule has 0 aliphatic heterocycles. The number of rotatable bonds is 14. The zero-order chi connectivity index (χ0) is 19.3. The molecule has 1 aromatic carbocycles. The minimum atomic E-state index is -0.673. The Balaban J connectivity index is 1.48. The van der Waals surface area contributed by atoms with Gasteiger partial charge in [0.15, 0.2) is 0 Å². The maximum absolute atomic E-state index is 10.4. The number of carboxylic acids is 1. The summed E-state index contributed by atoms with van der Waals surface area (Å²) < 4.78 is 1.88. The molecule has 2 rings (SSSR count). The van der Waals surface area contributed by atoms with Crippen LogP contribution in [0.5, 0.6) is 0 Å². The van der Waals surface area contributed by atoms with E-state index in [1.54, 1.807) is 0 Å². The van der Waals surface area contributed by atoms with Crippen LogP contribution in [0.4, 0.5) is 0 Å². The summed E-state index contributed by atoms with van der Waals surface area (Å²) in [4.78, 5) is 10.4. The fourth-order valence-corrected chi connectivity index (χ4v) is 3.35. The van der Waals surface area contributed by atoms with Crippen molar-refractivity contribution in [2.24, 2.45) is 0 Å². The Hall–Kier alpha value is -2.17. The van der Waals surface area contributed by atoms with Crippen LogP contribution in [0.25, 0.3) is 5.69 Å². The van der Waals surface area contributed by atoms with Crippen LogP contribution in [0.3, 0.4) is 0 Å². The second kappa shape index (κ2) is 12.3. The van der Waals surface area contributed by atoms with E-state index in [-0.39, 0.29) is 0 Å². The van der Waals surface area contributed by atoms with Crippen LogP contribution in [0.1, 0.15) is 81.9 Å². The van der Waals surface area contributed by atoms with Crippen LogP contribution >= 0.6 is 0 Å². The van der Waals surface area contributed by atoms with Gasteiger partial charge in [0.05, 0.1) is 17.6 Å². The summed E-state index contributed by atoms with van der Waals surface area (Å²) in [5.41, 5.74) is 3.37. The highest BCUT2D eigenvalue weighted by Crippen LogP contribution is 2.14. The summed E-state index contributed by atoms with van der Waals surface area (Å²) in [5, 5.41) is 17.2. The van der Waals surface area contributed by atoms with Crippen molar-refractivity contribution in [3.8, 4) is 5.69 Å². The molecule has 0 saturated heterocycles. The number of hydrogen-bond donors (Lipinski definition) is 1. The minimum Gasteiger partial charge on any atom is -0.481 e. The smallest absolute Gasteiger partial charge is 0.303 e. The van der Waals surface area contributed by atoms with Gasteiger partial charge in [-0.25, -0.2) is 4.68 Å². The van der Waals surface area contributed by atoms with Crippen LogP contribution in [-0.2, 0) is 11.2 Å². The van der Waals surface area contributed by atoms with Crippen molar-refractivity contribution in [3.63, 3.8) is 0 Å². The Bertz CT molecular complexity index is 682. The minimum absolute atomic E-state index is 0.318. The molecule has 0 aliphatic carbocycles. The normalized spacial score (nSPS) is 11.0. The molecule has 0 bridgehead atoms. The van der Waals surface area contributed by atoms with Gasteiger partial charge >= 0.3 is 5.97 Å². The lowest BCUT2D eigenvalue weighted by molar-refractivity contribution is -0.137. The second-order valence-electron chi connectivity index (χ2n) is 7.37. The second-order valence-corrected chi connectivity index (χ2v) is 7.37. The molecular formula is C22H33N3O2. The Morgan fingerprint density at radius 1 is 0.926 bits per heavy atom. The summed E-state index contributed by atoms with van der Waals surface area (Å²) in [6.07, 6.45) is 15.2. The third kappa shape index (κ3) is 8.37. The van der Waals surface area contributed by atoms with Crippen molar-refractivity contribution in [2.75, 3.05) is 0 Å². The van der Waals surface area contributed by atoms with Gasteiger partial charge in [-0.05, 0) is 37.8 Å². The lowest BCUT2D eigenvalue weighted by Crippen LogP contribution is -1.97. The van der Waals surface area contributed by atoms with E-state index >= 15 is 0 Å². The fraction of sp³-hybridized carbons (Fsp3) is 0.591. The van der Waals surface area contributed by atoms with Gasteiger partial charge in [-0.1, -0.05) is 74.8 Å². The molecule has 148 valence electrons. The zero-order valence-corrected chi connectivity index (χ0v) is 16.6. The number of aryl methyl sites for hydroxylation is 2. The van der Waals surface area contributed by atoms with E-state index < -0.39 is 5.97 Å². The number of aromatic nitrogens is 3. The van der Waals surface area contributed by atoms with Gasteiger partial charge in [-0.2, -0.15) is 0 Å². The number of nitrogens with zero attached hydrogens (tertiary/aromatic N) is 3. The maximum atomic E-state index is 10.4. The van der Waals surface area contributed by atoms with Gasteiger partial charge in [-0.15, -0.1) is 5.10 Å². The van der Waals surface area contributed by atoms with Crippen molar-refractivity contribution in [1.29, 1.82) is 0 Å². The van der Waals surface area contributed by atoms with Gasteiger partial charge in [-0.3, -0.25) is 4.79 Å². The van der Waals surface area contributed by atoms with E-state index in [1.165, 1.54) is 56.9 Å². The van der Waals surface area contributed by atoms with Crippen molar-refractivity contribution < 1.29 is 9.90 Å². The molecule has 1 heterocycles. The first-order valence-corrected chi connectivity index (χ1v) is 10.4. The highest BCUT2D eigenvalue weighted by molar-refractivity contribution is 5.66. The van der Waals surface area contributed by atoms with Crippen molar-refractivity contribution >= 4 is 5.97 Å².